The number of hydrogen-bond acceptors (Lipinski definition) is 13. The zero-order valence-electron chi connectivity index (χ0n) is 55.7. The number of Topliss-reactive ketones (excluding diaryl/α,β-unsaturated/α-hetero) is 1. The van der Waals surface area contributed by atoms with Crippen LogP contribution in [0, 0.1) is 46.5 Å². The van der Waals surface area contributed by atoms with E-state index in [1.807, 2.05) is 34.6 Å². The van der Waals surface area contributed by atoms with Gasteiger partial charge in [0.05, 0.1) is 66.1 Å². The Bertz CT molecular complexity index is 4390. The van der Waals surface area contributed by atoms with Crippen molar-refractivity contribution in [3.63, 3.8) is 0 Å². The number of benzene rings is 4. The molecule has 2 atom stereocenters. The molecular weight excluding hydrogens is 1430 g/mol. The minimum absolute atomic E-state index is 0.0148. The molecule has 10 rings (SSSR count). The number of aliphatic hydroxyl groups excluding tert-OH is 2. The van der Waals surface area contributed by atoms with Crippen LogP contribution in [0.1, 0.15) is 113 Å². The second kappa shape index (κ2) is 37.6. The number of halogens is 12. The molecule has 0 bridgehead atoms. The number of ketones is 1. The third-order valence-corrected chi connectivity index (χ3v) is 16.0. The standard InChI is InChI=1S/C23H22F2N4O2.C14H10ClF2N.C12H15BF2O2.C10H14N2O2.C8H7Cl2N.C6H3BrF2/c1-13(2)17-12-27-21(16-8-15(24)4-5-19(16)25)9-22(17)29-20-6-7-26-11-18(20)23(31)28-10-14(3)30;1-8(2)11-7-18-14(6-12(11)15)10-5-9(16)3-4-13(10)17;1-11(2)12(3,4)17-13(16-11)9-7-8(14)5-6-10(9)15;1-7(13)2-3-10(14)8-6-12-5-4-9(8)11;1-5(2)6-4-11-8(10)3-7(6)9;7-5-3-4(8)1-2-6(5)9/h4-9,11-12,14,30H,1,10H2,2-3H3,(H,28,31)(H,26,27,29);3-7H,1H2,2H3;5-7H,1-4H3;4-7,13H,2-3H2,1H3,(H2,11,12);3-4H,1H2,2H3;1-3H/t14-;;;7-;;/m0..0../s1. The van der Waals surface area contributed by atoms with Gasteiger partial charge >= 0.3 is 7.12 Å². The lowest BCUT2D eigenvalue weighted by Crippen LogP contribution is -2.41. The number of aromatic nitrogens is 5. The zero-order chi connectivity index (χ0) is 74.5. The molecule has 526 valence electrons. The number of anilines is 3. The number of allylic oxidation sites excluding steroid dienone is 3. The lowest BCUT2D eigenvalue weighted by atomic mass is 9.78. The first-order valence-electron chi connectivity index (χ1n) is 30.2. The number of nitrogens with two attached hydrogens (primary N) is 1. The molecule has 27 heteroatoms. The Morgan fingerprint density at radius 2 is 1.03 bits per heavy atom. The van der Waals surface area contributed by atoms with Gasteiger partial charge in [0.15, 0.2) is 5.78 Å². The van der Waals surface area contributed by atoms with Gasteiger partial charge in [-0.3, -0.25) is 29.5 Å². The fourth-order valence-electron chi connectivity index (χ4n) is 8.46. The van der Waals surface area contributed by atoms with E-state index in [2.05, 4.69) is 71.2 Å². The van der Waals surface area contributed by atoms with Crippen molar-refractivity contribution in [1.82, 2.24) is 30.2 Å². The molecule has 4 aromatic carbocycles. The Labute approximate surface area is 598 Å². The Kier molecular flexibility index (Phi) is 30.8. The predicted octanol–water partition coefficient (Wildman–Crippen LogP) is 18.4. The van der Waals surface area contributed by atoms with E-state index >= 15 is 0 Å². The molecule has 0 saturated carbocycles. The molecule has 1 aliphatic heterocycles. The van der Waals surface area contributed by atoms with Crippen molar-refractivity contribution >= 4 is 109 Å². The number of carbonyl (C=O) groups excluding carboxylic acids is 2. The first kappa shape index (κ1) is 82.0. The Morgan fingerprint density at radius 3 is 1.51 bits per heavy atom. The predicted molar refractivity (Wildman–Crippen MR) is 384 cm³/mol. The van der Waals surface area contributed by atoms with Crippen LogP contribution in [0.3, 0.4) is 0 Å². The van der Waals surface area contributed by atoms with Crippen molar-refractivity contribution < 1.29 is 64.2 Å². The molecule has 0 unspecified atom stereocenters. The van der Waals surface area contributed by atoms with Crippen LogP contribution < -0.4 is 21.8 Å². The minimum Gasteiger partial charge on any atom is -0.399 e. The summed E-state index contributed by atoms with van der Waals surface area (Å²) in [4.78, 5) is 44.1. The Morgan fingerprint density at radius 1 is 0.570 bits per heavy atom. The van der Waals surface area contributed by atoms with Crippen LogP contribution in [0.5, 0.6) is 0 Å². The number of rotatable bonds is 15. The van der Waals surface area contributed by atoms with E-state index in [1.165, 1.54) is 37.1 Å². The molecule has 9 aromatic rings. The van der Waals surface area contributed by atoms with Gasteiger partial charge in [-0.15, -0.1) is 0 Å². The number of aliphatic hydroxyl groups is 2. The first-order chi connectivity index (χ1) is 46.9. The number of hydrogen-bond donors (Lipinski definition) is 5. The summed E-state index contributed by atoms with van der Waals surface area (Å²) in [5, 5.41) is 25.6. The highest BCUT2D eigenvalue weighted by molar-refractivity contribution is 9.10. The molecule has 1 aliphatic rings. The number of nitrogen functional groups attached to an aromatic ring is 1. The van der Waals surface area contributed by atoms with Crippen LogP contribution in [0.25, 0.3) is 39.2 Å². The van der Waals surface area contributed by atoms with Gasteiger partial charge in [-0.05, 0) is 205 Å². The maximum Gasteiger partial charge on any atom is 0.497 e. The molecule has 1 saturated heterocycles. The molecule has 1 amide bonds. The molecule has 0 radical (unpaired) electrons. The summed E-state index contributed by atoms with van der Waals surface area (Å²) in [7, 11) is -0.865. The van der Waals surface area contributed by atoms with E-state index < -0.39 is 83.0 Å². The normalized spacial score (nSPS) is 12.9. The summed E-state index contributed by atoms with van der Waals surface area (Å²) < 4.78 is 117. The second-order valence-corrected chi connectivity index (χ2v) is 25.5. The Hall–Kier alpha value is -8.72. The topological polar surface area (TPSA) is 208 Å². The molecule has 14 nitrogen and oxygen atoms in total. The molecule has 0 aliphatic carbocycles. The highest BCUT2D eigenvalue weighted by Crippen LogP contribution is 2.37. The van der Waals surface area contributed by atoms with E-state index in [0.717, 1.165) is 89.5 Å². The third kappa shape index (κ3) is 24.3. The van der Waals surface area contributed by atoms with Crippen LogP contribution in [-0.4, -0.2) is 83.9 Å². The van der Waals surface area contributed by atoms with E-state index in [1.54, 1.807) is 64.4 Å². The van der Waals surface area contributed by atoms with Crippen LogP contribution in [0.15, 0.2) is 171 Å². The number of amides is 1. The van der Waals surface area contributed by atoms with Crippen molar-refractivity contribution in [1.29, 1.82) is 0 Å². The maximum atomic E-state index is 14.3. The summed E-state index contributed by atoms with van der Waals surface area (Å²) in [6, 6.07) is 20.7. The fraction of sp³-hybridized carbons (Fsp3) is 0.219. The summed E-state index contributed by atoms with van der Waals surface area (Å²) in [5.41, 5.74) is 11.8. The van der Waals surface area contributed by atoms with Gasteiger partial charge in [-0.1, -0.05) is 54.5 Å². The van der Waals surface area contributed by atoms with Crippen molar-refractivity contribution in [3.8, 4) is 22.5 Å². The van der Waals surface area contributed by atoms with Gasteiger partial charge in [0.2, 0.25) is 0 Å². The molecule has 6 N–H and O–H groups in total. The molecule has 5 aromatic heterocycles. The minimum atomic E-state index is -0.865. The van der Waals surface area contributed by atoms with Gasteiger partial charge < -0.3 is 35.9 Å². The van der Waals surface area contributed by atoms with Gasteiger partial charge in [-0.2, -0.15) is 0 Å². The van der Waals surface area contributed by atoms with Gasteiger partial charge in [0.25, 0.3) is 5.91 Å². The van der Waals surface area contributed by atoms with Gasteiger partial charge in [-0.25, -0.2) is 40.1 Å². The molecular formula is C73H71BBrCl3F8N8O6. The van der Waals surface area contributed by atoms with Crippen molar-refractivity contribution in [2.75, 3.05) is 17.6 Å². The Balaban J connectivity index is 0.000000227. The van der Waals surface area contributed by atoms with Gasteiger partial charge in [0.1, 0.15) is 51.7 Å². The number of carbonyl (C=O) groups is 2. The quantitative estimate of drug-likeness (QED) is 0.0213. The highest BCUT2D eigenvalue weighted by atomic mass is 79.9. The number of nitrogens with one attached hydrogen (secondary N) is 2. The van der Waals surface area contributed by atoms with Crippen LogP contribution >= 0.6 is 50.7 Å². The van der Waals surface area contributed by atoms with E-state index in [0.29, 0.717) is 73.1 Å². The average molecular weight is 1510 g/mol. The van der Waals surface area contributed by atoms with Crippen molar-refractivity contribution in [2.45, 2.75) is 98.6 Å². The van der Waals surface area contributed by atoms with Crippen LogP contribution in [0.2, 0.25) is 15.2 Å². The largest absolute Gasteiger partial charge is 0.497 e. The van der Waals surface area contributed by atoms with Crippen LogP contribution in [0.4, 0.5) is 52.2 Å². The SMILES string of the molecule is C=C(C)c1cnc(-c2cc(F)ccc2F)cc1Cl.C=C(C)c1cnc(-c2cc(F)ccc2F)cc1Nc1ccncc1C(=O)NC[C@H](C)O.C=C(C)c1cnc(Cl)cc1Cl.CC1(C)OB(c2cc(F)ccc2F)OC1(C)C.C[C@H](O)CCC(=O)c1cnccc1N.Fc1ccc(F)c(Br)c1. The molecule has 0 spiro atoms. The summed E-state index contributed by atoms with van der Waals surface area (Å²) in [6.07, 6.45) is 10.1. The molecule has 100 heavy (non-hydrogen) atoms. The summed E-state index contributed by atoms with van der Waals surface area (Å²) in [5.74, 6) is -4.65. The van der Waals surface area contributed by atoms with E-state index in [4.69, 9.17) is 55.0 Å². The molecule has 6 heterocycles. The fourth-order valence-corrected chi connectivity index (χ4v) is 9.65. The van der Waals surface area contributed by atoms with Crippen molar-refractivity contribution in [3.05, 3.63) is 260 Å². The maximum absolute atomic E-state index is 14.3. The second-order valence-electron chi connectivity index (χ2n) is 23.4. The van der Waals surface area contributed by atoms with Crippen LogP contribution in [-0.2, 0) is 9.31 Å². The first-order valence-corrected chi connectivity index (χ1v) is 32.2. The smallest absolute Gasteiger partial charge is 0.399 e. The van der Waals surface area contributed by atoms with E-state index in [-0.39, 0.29) is 44.6 Å². The summed E-state index contributed by atoms with van der Waals surface area (Å²) >= 11 is 20.3. The average Bonchev–Trinajstić information content (AvgIpc) is 1.60. The zero-order valence-corrected chi connectivity index (χ0v) is 59.6. The van der Waals surface area contributed by atoms with E-state index in [9.17, 15) is 49.8 Å². The third-order valence-electron chi connectivity index (χ3n) is 14.5. The monoisotopic (exact) mass is 1500 g/mol. The lowest BCUT2D eigenvalue weighted by Gasteiger charge is -2.32. The van der Waals surface area contributed by atoms with Gasteiger partial charge in [0, 0.05) is 101 Å². The number of nitrogens with zero attached hydrogens (tertiary/aromatic N) is 5. The molecule has 1 fully saturated rings. The lowest BCUT2D eigenvalue weighted by molar-refractivity contribution is 0.00578. The highest BCUT2D eigenvalue weighted by Gasteiger charge is 2.52. The van der Waals surface area contributed by atoms with Crippen molar-refractivity contribution in [2.24, 2.45) is 0 Å². The summed E-state index contributed by atoms with van der Waals surface area (Å²) in [6.45, 7) is 27.7. The number of pyridine rings is 5.